The van der Waals surface area contributed by atoms with Gasteiger partial charge in [-0.2, -0.15) is 11.8 Å². The number of fused-ring (bicyclic) bond motifs is 2. The minimum Gasteiger partial charge on any atom is -0.351 e. The average molecular weight is 447 g/mol. The highest BCUT2D eigenvalue weighted by atomic mass is 32.2. The molecule has 0 radical (unpaired) electrons. The van der Waals surface area contributed by atoms with E-state index in [-0.39, 0.29) is 17.9 Å². The predicted octanol–water partition coefficient (Wildman–Crippen LogP) is 3.66. The maximum absolute atomic E-state index is 13.5. The maximum Gasteiger partial charge on any atom is 0.254 e. The molecule has 0 aliphatic carbocycles. The van der Waals surface area contributed by atoms with Crippen molar-refractivity contribution in [2.24, 2.45) is 14.1 Å². The molecule has 0 spiro atoms. The molecule has 1 unspecified atom stereocenters. The summed E-state index contributed by atoms with van der Waals surface area (Å²) in [4.78, 5) is 28.5. The molecular formula is C25H26N4O2S. The number of nitrogens with one attached hydrogen (secondary N) is 1. The second-order valence-corrected chi connectivity index (χ2v) is 9.42. The number of thioether (sulfide) groups is 1. The van der Waals surface area contributed by atoms with Crippen LogP contribution in [0, 0.1) is 0 Å². The first-order chi connectivity index (χ1) is 15.5. The molecule has 32 heavy (non-hydrogen) atoms. The van der Waals surface area contributed by atoms with Crippen molar-refractivity contribution < 1.29 is 9.59 Å². The lowest BCUT2D eigenvalue weighted by atomic mass is 10.1. The van der Waals surface area contributed by atoms with E-state index in [4.69, 9.17) is 0 Å². The number of hydrogen-bond donors (Lipinski definition) is 1. The van der Waals surface area contributed by atoms with Crippen LogP contribution in [0.3, 0.4) is 0 Å². The molecule has 5 rings (SSSR count). The lowest BCUT2D eigenvalue weighted by molar-refractivity contribution is 0.0693. The Hall–Kier alpha value is -3.19. The largest absolute Gasteiger partial charge is 0.351 e. The van der Waals surface area contributed by atoms with Crippen molar-refractivity contribution in [3.63, 3.8) is 0 Å². The zero-order valence-corrected chi connectivity index (χ0v) is 19.1. The fourth-order valence-corrected chi connectivity index (χ4v) is 5.60. The Morgan fingerprint density at radius 1 is 0.938 bits per heavy atom. The molecule has 1 atom stereocenters. The van der Waals surface area contributed by atoms with E-state index in [9.17, 15) is 9.59 Å². The van der Waals surface area contributed by atoms with Crippen LogP contribution in [0.2, 0.25) is 0 Å². The molecule has 3 heterocycles. The van der Waals surface area contributed by atoms with E-state index in [0.717, 1.165) is 38.9 Å². The molecule has 164 valence electrons. The summed E-state index contributed by atoms with van der Waals surface area (Å²) in [5.41, 5.74) is 3.46. The second-order valence-electron chi connectivity index (χ2n) is 8.27. The van der Waals surface area contributed by atoms with Gasteiger partial charge in [-0.3, -0.25) is 9.59 Å². The van der Waals surface area contributed by atoms with Gasteiger partial charge in [-0.1, -0.05) is 12.1 Å². The Balaban J connectivity index is 1.35. The fourth-order valence-electron chi connectivity index (χ4n) is 4.54. The summed E-state index contributed by atoms with van der Waals surface area (Å²) >= 11 is 1.83. The van der Waals surface area contributed by atoms with Gasteiger partial charge in [-0.25, -0.2) is 0 Å². The zero-order chi connectivity index (χ0) is 22.2. The highest BCUT2D eigenvalue weighted by Gasteiger charge is 2.29. The minimum absolute atomic E-state index is 0.0338. The van der Waals surface area contributed by atoms with Gasteiger partial charge in [0, 0.05) is 84.0 Å². The van der Waals surface area contributed by atoms with Crippen LogP contribution in [0.4, 0.5) is 0 Å². The Labute approximate surface area is 191 Å². The molecule has 0 saturated carbocycles. The van der Waals surface area contributed by atoms with Crippen LogP contribution in [0.1, 0.15) is 20.7 Å². The number of rotatable bonds is 4. The van der Waals surface area contributed by atoms with E-state index >= 15 is 0 Å². The molecule has 1 fully saturated rings. The topological polar surface area (TPSA) is 59.3 Å². The molecule has 4 aromatic rings. The number of nitrogens with zero attached hydrogens (tertiary/aromatic N) is 3. The van der Waals surface area contributed by atoms with Gasteiger partial charge in [-0.15, -0.1) is 0 Å². The average Bonchev–Trinajstić information content (AvgIpc) is 3.40. The van der Waals surface area contributed by atoms with Crippen molar-refractivity contribution in [1.82, 2.24) is 19.4 Å². The molecule has 0 bridgehead atoms. The number of benzene rings is 2. The maximum atomic E-state index is 13.5. The Morgan fingerprint density at radius 3 is 2.25 bits per heavy atom. The molecule has 1 saturated heterocycles. The van der Waals surface area contributed by atoms with E-state index < -0.39 is 0 Å². The van der Waals surface area contributed by atoms with Gasteiger partial charge < -0.3 is 19.4 Å². The van der Waals surface area contributed by atoms with E-state index in [2.05, 4.69) is 5.32 Å². The number of hydrogen-bond acceptors (Lipinski definition) is 3. The summed E-state index contributed by atoms with van der Waals surface area (Å²) < 4.78 is 4.04. The van der Waals surface area contributed by atoms with Crippen LogP contribution in [0.5, 0.6) is 0 Å². The molecule has 7 heteroatoms. The number of carbonyl (C=O) groups excluding carboxylic acids is 2. The number of carbonyl (C=O) groups is 2. The predicted molar refractivity (Wildman–Crippen MR) is 130 cm³/mol. The van der Waals surface area contributed by atoms with Crippen molar-refractivity contribution in [2.45, 2.75) is 6.04 Å². The standard InChI is InChI=1S/C25H26N4O2S/c1-27-11-9-18-20(5-3-7-22(18)27)24(30)26-15-17-16-32-14-13-29(17)25(31)21-6-4-8-23-19(21)10-12-28(23)2/h3-12,17H,13-16H2,1-2H3,(H,26,30). The summed E-state index contributed by atoms with van der Waals surface area (Å²) in [7, 11) is 3.96. The molecular weight excluding hydrogens is 420 g/mol. The van der Waals surface area contributed by atoms with Gasteiger partial charge in [0.15, 0.2) is 0 Å². The minimum atomic E-state index is -0.102. The van der Waals surface area contributed by atoms with Crippen molar-refractivity contribution >= 4 is 45.4 Å². The van der Waals surface area contributed by atoms with Crippen LogP contribution in [-0.2, 0) is 14.1 Å². The summed E-state index contributed by atoms with van der Waals surface area (Å²) in [5, 5.41) is 5.00. The van der Waals surface area contributed by atoms with E-state index in [1.807, 2.05) is 101 Å². The van der Waals surface area contributed by atoms with Crippen LogP contribution < -0.4 is 5.32 Å². The Bertz CT molecular complexity index is 1320. The zero-order valence-electron chi connectivity index (χ0n) is 18.2. The number of amides is 2. The van der Waals surface area contributed by atoms with Gasteiger partial charge in [0.2, 0.25) is 0 Å². The first-order valence-electron chi connectivity index (χ1n) is 10.8. The summed E-state index contributed by atoms with van der Waals surface area (Å²) in [6, 6.07) is 15.6. The molecule has 1 aliphatic rings. The van der Waals surface area contributed by atoms with Crippen LogP contribution in [0.15, 0.2) is 60.9 Å². The number of aromatic nitrogens is 2. The van der Waals surface area contributed by atoms with Crippen LogP contribution >= 0.6 is 11.8 Å². The SMILES string of the molecule is Cn1ccc2c(C(=O)NCC3CSCCN3C(=O)c3cccc4c3ccn4C)cccc21. The third kappa shape index (κ3) is 3.56. The van der Waals surface area contributed by atoms with Crippen molar-refractivity contribution in [2.75, 3.05) is 24.6 Å². The molecule has 1 N–H and O–H groups in total. The first kappa shape index (κ1) is 20.7. The van der Waals surface area contributed by atoms with Gasteiger partial charge >= 0.3 is 0 Å². The van der Waals surface area contributed by atoms with Gasteiger partial charge in [-0.05, 0) is 36.4 Å². The molecule has 2 aromatic carbocycles. The van der Waals surface area contributed by atoms with Crippen LogP contribution in [0.25, 0.3) is 21.8 Å². The fraction of sp³-hybridized carbons (Fsp3) is 0.280. The summed E-state index contributed by atoms with van der Waals surface area (Å²) in [5.74, 6) is 1.65. The van der Waals surface area contributed by atoms with E-state index in [1.54, 1.807) is 0 Å². The van der Waals surface area contributed by atoms with Gasteiger partial charge in [0.1, 0.15) is 0 Å². The molecule has 6 nitrogen and oxygen atoms in total. The van der Waals surface area contributed by atoms with Gasteiger partial charge in [0.05, 0.1) is 6.04 Å². The van der Waals surface area contributed by atoms with Crippen molar-refractivity contribution in [3.05, 3.63) is 72.1 Å². The van der Waals surface area contributed by atoms with Crippen LogP contribution in [-0.4, -0.2) is 56.5 Å². The normalized spacial score (nSPS) is 16.6. The quantitative estimate of drug-likeness (QED) is 0.521. The van der Waals surface area contributed by atoms with Crippen molar-refractivity contribution in [3.8, 4) is 0 Å². The van der Waals surface area contributed by atoms with E-state index in [0.29, 0.717) is 18.7 Å². The Morgan fingerprint density at radius 2 is 1.56 bits per heavy atom. The third-order valence-electron chi connectivity index (χ3n) is 6.32. The molecule has 2 aromatic heterocycles. The van der Waals surface area contributed by atoms with Gasteiger partial charge in [0.25, 0.3) is 11.8 Å². The third-order valence-corrected chi connectivity index (χ3v) is 7.41. The lowest BCUT2D eigenvalue weighted by Crippen LogP contribution is -2.51. The first-order valence-corrected chi connectivity index (χ1v) is 11.9. The molecule has 2 amide bonds. The molecule has 1 aliphatic heterocycles. The van der Waals surface area contributed by atoms with Crippen molar-refractivity contribution in [1.29, 1.82) is 0 Å². The van der Waals surface area contributed by atoms with E-state index in [1.165, 1.54) is 0 Å². The monoisotopic (exact) mass is 446 g/mol. The summed E-state index contributed by atoms with van der Waals surface area (Å²) in [6.07, 6.45) is 3.94. The lowest BCUT2D eigenvalue weighted by Gasteiger charge is -2.35. The Kier molecular flexibility index (Phi) is 5.43. The highest BCUT2D eigenvalue weighted by Crippen LogP contribution is 2.25. The smallest absolute Gasteiger partial charge is 0.254 e. The highest BCUT2D eigenvalue weighted by molar-refractivity contribution is 7.99. The second kappa shape index (κ2) is 8.39. The summed E-state index contributed by atoms with van der Waals surface area (Å²) in [6.45, 7) is 1.12. The number of aryl methyl sites for hydroxylation is 2.